The zero-order valence-electron chi connectivity index (χ0n) is 19.7. The number of amides is 1. The third-order valence-electron chi connectivity index (χ3n) is 7.82. The summed E-state index contributed by atoms with van der Waals surface area (Å²) >= 11 is 0. The number of hydrogen-bond donors (Lipinski definition) is 1. The Morgan fingerprint density at radius 3 is 2.65 bits per heavy atom. The fraction of sp³-hybridized carbons (Fsp3) is 0.741. The van der Waals surface area contributed by atoms with Gasteiger partial charge in [0.2, 0.25) is 5.91 Å². The molecule has 172 valence electrons. The van der Waals surface area contributed by atoms with E-state index < -0.39 is 0 Å². The Balaban J connectivity index is 1.13. The number of ether oxygens (including phenoxy) is 1. The molecule has 0 unspecified atom stereocenters. The number of nitrogens with one attached hydrogen (secondary N) is 1. The van der Waals surface area contributed by atoms with Gasteiger partial charge in [0.1, 0.15) is 5.75 Å². The van der Waals surface area contributed by atoms with E-state index in [-0.39, 0.29) is 5.91 Å². The first-order valence-electron chi connectivity index (χ1n) is 12.8. The predicted molar refractivity (Wildman–Crippen MR) is 127 cm³/mol. The number of nitrogens with zero attached hydrogens (tertiary/aromatic N) is 1. The second-order valence-electron chi connectivity index (χ2n) is 10.5. The Bertz CT molecular complexity index is 716. The Morgan fingerprint density at radius 1 is 1.13 bits per heavy atom. The summed E-state index contributed by atoms with van der Waals surface area (Å²) in [4.78, 5) is 14.8. The van der Waals surface area contributed by atoms with E-state index in [9.17, 15) is 4.79 Å². The van der Waals surface area contributed by atoms with Crippen LogP contribution in [0.3, 0.4) is 0 Å². The van der Waals surface area contributed by atoms with Crippen molar-refractivity contribution >= 4 is 5.91 Å². The minimum absolute atomic E-state index is 0.260. The molecule has 1 saturated heterocycles. The average Bonchev–Trinajstić information content (AvgIpc) is 3.27. The van der Waals surface area contributed by atoms with Crippen molar-refractivity contribution in [3.8, 4) is 5.75 Å². The van der Waals surface area contributed by atoms with Gasteiger partial charge in [0.15, 0.2) is 0 Å². The molecule has 2 fully saturated rings. The maximum absolute atomic E-state index is 12.1. The third kappa shape index (κ3) is 6.25. The molecule has 1 aromatic carbocycles. The minimum atomic E-state index is 0.260. The van der Waals surface area contributed by atoms with Crippen LogP contribution in [0.1, 0.15) is 88.7 Å². The number of benzene rings is 1. The van der Waals surface area contributed by atoms with E-state index in [1.54, 1.807) is 5.56 Å². The fourth-order valence-electron chi connectivity index (χ4n) is 5.78. The molecule has 1 N–H and O–H groups in total. The lowest BCUT2D eigenvalue weighted by Crippen LogP contribution is -2.38. The molecule has 0 aromatic heterocycles. The Labute approximate surface area is 189 Å². The second-order valence-corrected chi connectivity index (χ2v) is 10.5. The van der Waals surface area contributed by atoms with E-state index in [0.717, 1.165) is 31.1 Å². The van der Waals surface area contributed by atoms with E-state index >= 15 is 0 Å². The van der Waals surface area contributed by atoms with Gasteiger partial charge in [-0.3, -0.25) is 4.79 Å². The van der Waals surface area contributed by atoms with E-state index in [0.29, 0.717) is 24.3 Å². The quantitative estimate of drug-likeness (QED) is 0.613. The predicted octanol–water partition coefficient (Wildman–Crippen LogP) is 5.30. The first kappa shape index (κ1) is 22.6. The van der Waals surface area contributed by atoms with Crippen LogP contribution in [0, 0.1) is 11.8 Å². The molecule has 3 aliphatic rings. The molecule has 0 spiro atoms. The lowest BCUT2D eigenvalue weighted by Gasteiger charge is -2.35. The lowest BCUT2D eigenvalue weighted by atomic mass is 9.83. The van der Waals surface area contributed by atoms with Gasteiger partial charge in [0.05, 0.1) is 6.61 Å². The van der Waals surface area contributed by atoms with Gasteiger partial charge in [-0.1, -0.05) is 26.0 Å². The van der Waals surface area contributed by atoms with Gasteiger partial charge in [-0.15, -0.1) is 0 Å². The van der Waals surface area contributed by atoms with Crippen molar-refractivity contribution in [3.63, 3.8) is 0 Å². The Morgan fingerprint density at radius 2 is 1.90 bits per heavy atom. The number of carbonyl (C=O) groups is 1. The molecular formula is C27H42N2O2. The molecule has 1 aromatic rings. The number of likely N-dealkylation sites (tertiary alicyclic amines) is 1. The second kappa shape index (κ2) is 10.8. The monoisotopic (exact) mass is 426 g/mol. The molecule has 1 amide bonds. The highest BCUT2D eigenvalue weighted by atomic mass is 16.5. The van der Waals surface area contributed by atoms with Gasteiger partial charge in [0, 0.05) is 24.4 Å². The molecule has 2 heterocycles. The van der Waals surface area contributed by atoms with Crippen LogP contribution in [0.15, 0.2) is 18.2 Å². The molecule has 31 heavy (non-hydrogen) atoms. The standard InChI is InChI=1S/C27H42N2O2/c1-20(2)6-11-27(30)28-23-9-7-21(8-10-23)12-16-29-17-13-22(14-18-29)24-4-3-5-26-25(24)15-19-31-26/h3-5,20-23H,6-19H2,1-2H3,(H,28,30)/t21-,23-. The van der Waals surface area contributed by atoms with Crippen molar-refractivity contribution in [1.29, 1.82) is 0 Å². The maximum Gasteiger partial charge on any atom is 0.220 e. The number of hydrogen-bond acceptors (Lipinski definition) is 3. The smallest absolute Gasteiger partial charge is 0.220 e. The van der Waals surface area contributed by atoms with E-state index in [4.69, 9.17) is 4.74 Å². The zero-order chi connectivity index (χ0) is 21.6. The van der Waals surface area contributed by atoms with Gasteiger partial charge in [-0.2, -0.15) is 0 Å². The van der Waals surface area contributed by atoms with Crippen LogP contribution in [0.4, 0.5) is 0 Å². The molecule has 0 bridgehead atoms. The van der Waals surface area contributed by atoms with Crippen molar-refractivity contribution in [3.05, 3.63) is 29.3 Å². The highest BCUT2D eigenvalue weighted by Gasteiger charge is 2.27. The summed E-state index contributed by atoms with van der Waals surface area (Å²) in [5.41, 5.74) is 3.04. The topological polar surface area (TPSA) is 41.6 Å². The van der Waals surface area contributed by atoms with Gasteiger partial charge in [-0.25, -0.2) is 0 Å². The van der Waals surface area contributed by atoms with Gasteiger partial charge in [-0.05, 0) is 100 Å². The molecule has 4 rings (SSSR count). The van der Waals surface area contributed by atoms with Crippen LogP contribution in [0.2, 0.25) is 0 Å². The van der Waals surface area contributed by atoms with Crippen LogP contribution < -0.4 is 10.1 Å². The van der Waals surface area contributed by atoms with Crippen LogP contribution in [-0.4, -0.2) is 43.1 Å². The molecule has 4 nitrogen and oxygen atoms in total. The largest absolute Gasteiger partial charge is 0.493 e. The molecule has 4 heteroatoms. The van der Waals surface area contributed by atoms with Gasteiger partial charge in [0.25, 0.3) is 0 Å². The molecule has 0 atom stereocenters. The van der Waals surface area contributed by atoms with Crippen molar-refractivity contribution in [2.75, 3.05) is 26.2 Å². The third-order valence-corrected chi connectivity index (χ3v) is 7.82. The highest BCUT2D eigenvalue weighted by molar-refractivity contribution is 5.76. The Kier molecular flexibility index (Phi) is 7.92. The van der Waals surface area contributed by atoms with E-state index in [1.165, 1.54) is 70.1 Å². The summed E-state index contributed by atoms with van der Waals surface area (Å²) in [6.45, 7) is 8.94. The van der Waals surface area contributed by atoms with Crippen LogP contribution >= 0.6 is 0 Å². The van der Waals surface area contributed by atoms with Gasteiger partial charge < -0.3 is 15.0 Å². The van der Waals surface area contributed by atoms with E-state index in [1.807, 2.05) is 0 Å². The fourth-order valence-corrected chi connectivity index (χ4v) is 5.78. The minimum Gasteiger partial charge on any atom is -0.493 e. The normalized spacial score (nSPS) is 24.7. The number of piperidine rings is 1. The molecule has 1 saturated carbocycles. The zero-order valence-corrected chi connectivity index (χ0v) is 19.7. The number of fused-ring (bicyclic) bond motifs is 1. The van der Waals surface area contributed by atoms with Crippen molar-refractivity contribution < 1.29 is 9.53 Å². The van der Waals surface area contributed by atoms with Crippen molar-refractivity contribution in [2.24, 2.45) is 11.8 Å². The Hall–Kier alpha value is -1.55. The summed E-state index contributed by atoms with van der Waals surface area (Å²) in [5, 5.41) is 3.28. The van der Waals surface area contributed by atoms with Crippen molar-refractivity contribution in [1.82, 2.24) is 10.2 Å². The lowest BCUT2D eigenvalue weighted by molar-refractivity contribution is -0.122. The molecule has 0 radical (unpaired) electrons. The first-order valence-corrected chi connectivity index (χ1v) is 12.8. The molecular weight excluding hydrogens is 384 g/mol. The summed E-state index contributed by atoms with van der Waals surface area (Å²) < 4.78 is 5.77. The highest BCUT2D eigenvalue weighted by Crippen LogP contribution is 2.37. The van der Waals surface area contributed by atoms with Crippen molar-refractivity contribution in [2.45, 2.75) is 90.0 Å². The van der Waals surface area contributed by atoms with Crippen LogP contribution in [0.25, 0.3) is 0 Å². The summed E-state index contributed by atoms with van der Waals surface area (Å²) in [7, 11) is 0. The van der Waals surface area contributed by atoms with Crippen LogP contribution in [-0.2, 0) is 11.2 Å². The average molecular weight is 427 g/mol. The summed E-state index contributed by atoms with van der Waals surface area (Å²) in [6, 6.07) is 7.07. The SMILES string of the molecule is CC(C)CCC(=O)N[C@H]1CC[C@H](CCN2CCC(c3cccc4c3CCO4)CC2)CC1. The first-order chi connectivity index (χ1) is 15.1. The summed E-state index contributed by atoms with van der Waals surface area (Å²) in [5.74, 6) is 3.55. The number of rotatable bonds is 8. The molecule has 2 aliphatic heterocycles. The van der Waals surface area contributed by atoms with Crippen LogP contribution in [0.5, 0.6) is 5.75 Å². The maximum atomic E-state index is 12.1. The number of carbonyl (C=O) groups excluding carboxylic acids is 1. The van der Waals surface area contributed by atoms with Gasteiger partial charge >= 0.3 is 0 Å². The van der Waals surface area contributed by atoms with E-state index in [2.05, 4.69) is 42.3 Å². The molecule has 1 aliphatic carbocycles. The summed E-state index contributed by atoms with van der Waals surface area (Å²) in [6.07, 6.45) is 11.6.